The third kappa shape index (κ3) is 6.90. The van der Waals surface area contributed by atoms with Crippen LogP contribution in [0.15, 0.2) is 78.7 Å². The van der Waals surface area contributed by atoms with Gasteiger partial charge in [0.15, 0.2) is 0 Å². The molecule has 0 aliphatic carbocycles. The SMILES string of the molecule is C=C1/C=C\C=C(/C)Nc2nccc(n2)-c2ccc(OC)c(c2)CN(C)C/C=C/CN(C)C1. The molecule has 1 aromatic heterocycles. The van der Waals surface area contributed by atoms with Gasteiger partial charge in [0, 0.05) is 49.2 Å². The zero-order valence-corrected chi connectivity index (χ0v) is 19.5. The normalized spacial score (nSPS) is 20.5. The molecule has 1 N–H and O–H groups in total. The van der Waals surface area contributed by atoms with Crippen molar-refractivity contribution >= 4 is 5.95 Å². The van der Waals surface area contributed by atoms with Gasteiger partial charge in [0.2, 0.25) is 5.95 Å². The molecule has 32 heavy (non-hydrogen) atoms. The molecule has 1 aromatic carbocycles. The second-order valence-electron chi connectivity index (χ2n) is 8.15. The van der Waals surface area contributed by atoms with Crippen molar-refractivity contribution in [2.75, 3.05) is 46.2 Å². The number of hydrogen-bond donors (Lipinski definition) is 1. The van der Waals surface area contributed by atoms with Gasteiger partial charge in [0.1, 0.15) is 5.75 Å². The average Bonchev–Trinajstić information content (AvgIpc) is 2.76. The fraction of sp³-hybridized carbons (Fsp3) is 0.308. The van der Waals surface area contributed by atoms with Crippen molar-refractivity contribution in [3.63, 3.8) is 0 Å². The van der Waals surface area contributed by atoms with Gasteiger partial charge in [0.05, 0.1) is 12.8 Å². The maximum atomic E-state index is 5.61. The Kier molecular flexibility index (Phi) is 8.36. The Labute approximate surface area is 191 Å². The van der Waals surface area contributed by atoms with Crippen LogP contribution in [0.5, 0.6) is 5.75 Å². The van der Waals surface area contributed by atoms with Crippen molar-refractivity contribution in [2.24, 2.45) is 0 Å². The van der Waals surface area contributed by atoms with E-state index in [4.69, 9.17) is 9.72 Å². The largest absolute Gasteiger partial charge is 0.496 e. The number of fused-ring (bicyclic) bond motifs is 5. The molecule has 0 atom stereocenters. The number of anilines is 1. The summed E-state index contributed by atoms with van der Waals surface area (Å²) < 4.78 is 5.61. The van der Waals surface area contributed by atoms with Crippen LogP contribution in [0, 0.1) is 0 Å². The molecule has 6 heteroatoms. The van der Waals surface area contributed by atoms with E-state index in [1.807, 2.05) is 43.4 Å². The Morgan fingerprint density at radius 1 is 1.06 bits per heavy atom. The molecule has 0 fully saturated rings. The van der Waals surface area contributed by atoms with Crippen molar-refractivity contribution in [3.8, 4) is 17.0 Å². The molecule has 0 saturated heterocycles. The van der Waals surface area contributed by atoms with E-state index in [1.165, 1.54) is 0 Å². The van der Waals surface area contributed by atoms with E-state index < -0.39 is 0 Å². The first-order valence-corrected chi connectivity index (χ1v) is 10.8. The number of rotatable bonds is 1. The predicted molar refractivity (Wildman–Crippen MR) is 133 cm³/mol. The van der Waals surface area contributed by atoms with Gasteiger partial charge in [-0.25, -0.2) is 9.97 Å². The number of methoxy groups -OCH3 is 1. The zero-order chi connectivity index (χ0) is 22.9. The highest BCUT2D eigenvalue weighted by Gasteiger charge is 2.10. The Hall–Kier alpha value is -3.22. The van der Waals surface area contributed by atoms with Crippen molar-refractivity contribution in [1.82, 2.24) is 19.8 Å². The average molecular weight is 432 g/mol. The van der Waals surface area contributed by atoms with E-state index in [-0.39, 0.29) is 0 Å². The lowest BCUT2D eigenvalue weighted by Gasteiger charge is -2.18. The lowest BCUT2D eigenvalue weighted by Crippen LogP contribution is -2.21. The van der Waals surface area contributed by atoms with E-state index in [9.17, 15) is 0 Å². The molecule has 6 nitrogen and oxygen atoms in total. The molecule has 2 aromatic rings. The molecule has 0 unspecified atom stereocenters. The Balaban J connectivity index is 1.94. The number of likely N-dealkylation sites (N-methyl/N-ethyl adjacent to an activating group) is 2. The van der Waals surface area contributed by atoms with Crippen molar-refractivity contribution < 1.29 is 4.74 Å². The Morgan fingerprint density at radius 2 is 1.81 bits per heavy atom. The lowest BCUT2D eigenvalue weighted by atomic mass is 10.1. The van der Waals surface area contributed by atoms with Gasteiger partial charge in [0.25, 0.3) is 0 Å². The van der Waals surface area contributed by atoms with Gasteiger partial charge in [-0.3, -0.25) is 9.80 Å². The maximum absolute atomic E-state index is 5.61. The Bertz CT molecular complexity index is 1020. The molecular weight excluding hydrogens is 398 g/mol. The van der Waals surface area contributed by atoms with E-state index in [2.05, 4.69) is 59.0 Å². The summed E-state index contributed by atoms with van der Waals surface area (Å²) in [5, 5.41) is 3.27. The minimum absolute atomic E-state index is 0.567. The summed E-state index contributed by atoms with van der Waals surface area (Å²) in [5.74, 6) is 1.44. The number of benzene rings is 1. The molecular formula is C26H33N5O. The van der Waals surface area contributed by atoms with Crippen LogP contribution in [0.25, 0.3) is 11.3 Å². The first-order valence-electron chi connectivity index (χ1n) is 10.8. The molecule has 2 heterocycles. The van der Waals surface area contributed by atoms with E-state index in [0.717, 1.165) is 60.0 Å². The molecule has 4 bridgehead atoms. The fourth-order valence-electron chi connectivity index (χ4n) is 3.52. The number of aromatic nitrogens is 2. The monoisotopic (exact) mass is 431 g/mol. The van der Waals surface area contributed by atoms with Gasteiger partial charge < -0.3 is 10.1 Å². The molecule has 0 saturated carbocycles. The van der Waals surface area contributed by atoms with Gasteiger partial charge in [-0.05, 0) is 56.9 Å². The van der Waals surface area contributed by atoms with E-state index >= 15 is 0 Å². The number of nitrogens with one attached hydrogen (secondary N) is 1. The van der Waals surface area contributed by atoms with Crippen molar-refractivity contribution in [3.05, 3.63) is 84.3 Å². The number of hydrogen-bond acceptors (Lipinski definition) is 6. The highest BCUT2D eigenvalue weighted by molar-refractivity contribution is 5.63. The fourth-order valence-corrected chi connectivity index (χ4v) is 3.52. The predicted octanol–water partition coefficient (Wildman–Crippen LogP) is 4.51. The van der Waals surface area contributed by atoms with Crippen molar-refractivity contribution in [1.29, 1.82) is 0 Å². The van der Waals surface area contributed by atoms with Crippen LogP contribution in [0.1, 0.15) is 12.5 Å². The molecule has 0 radical (unpaired) electrons. The zero-order valence-electron chi connectivity index (χ0n) is 19.5. The number of ether oxygens (including phenoxy) is 1. The van der Waals surface area contributed by atoms with Gasteiger partial charge in [-0.1, -0.05) is 30.9 Å². The number of nitrogens with zero attached hydrogens (tertiary/aromatic N) is 4. The lowest BCUT2D eigenvalue weighted by molar-refractivity contribution is 0.345. The van der Waals surface area contributed by atoms with Crippen LogP contribution >= 0.6 is 0 Å². The first-order chi connectivity index (χ1) is 15.4. The highest BCUT2D eigenvalue weighted by Crippen LogP contribution is 2.27. The third-order valence-electron chi connectivity index (χ3n) is 5.13. The summed E-state index contributed by atoms with van der Waals surface area (Å²) in [5.41, 5.74) is 5.03. The second-order valence-corrected chi connectivity index (χ2v) is 8.15. The topological polar surface area (TPSA) is 53.5 Å². The molecule has 0 spiro atoms. The van der Waals surface area contributed by atoms with Crippen LogP contribution in [-0.2, 0) is 6.54 Å². The standard InChI is InChI=1S/C26H33N5O/c1-20-9-8-10-21(2)28-26-27-14-13-24(29-26)22-11-12-25(32-5)23(17-22)19-31(4)16-7-6-15-30(3)18-20/h6-14,17H,1,15-16,18-19H2,2-5H3,(H,27,28,29)/b7-6+,9-8-,21-10+. The summed E-state index contributed by atoms with van der Waals surface area (Å²) >= 11 is 0. The molecule has 3 rings (SSSR count). The summed E-state index contributed by atoms with van der Waals surface area (Å²) in [4.78, 5) is 13.6. The number of allylic oxidation sites excluding steroid dienone is 3. The highest BCUT2D eigenvalue weighted by atomic mass is 16.5. The van der Waals surface area contributed by atoms with Crippen LogP contribution in [-0.4, -0.2) is 60.6 Å². The molecule has 1 aliphatic heterocycles. The van der Waals surface area contributed by atoms with E-state index in [0.29, 0.717) is 5.95 Å². The minimum atomic E-state index is 0.567. The van der Waals surface area contributed by atoms with E-state index in [1.54, 1.807) is 13.3 Å². The summed E-state index contributed by atoms with van der Waals surface area (Å²) in [7, 11) is 5.92. The quantitative estimate of drug-likeness (QED) is 0.671. The first kappa shape index (κ1) is 23.4. The minimum Gasteiger partial charge on any atom is -0.496 e. The Morgan fingerprint density at radius 3 is 2.56 bits per heavy atom. The molecule has 1 aliphatic rings. The summed E-state index contributed by atoms with van der Waals surface area (Å²) in [6.07, 6.45) is 12.2. The van der Waals surface area contributed by atoms with Gasteiger partial charge in [-0.2, -0.15) is 0 Å². The van der Waals surface area contributed by atoms with Gasteiger partial charge >= 0.3 is 0 Å². The molecule has 0 amide bonds. The third-order valence-corrected chi connectivity index (χ3v) is 5.13. The summed E-state index contributed by atoms with van der Waals surface area (Å²) in [6, 6.07) is 8.11. The van der Waals surface area contributed by atoms with Crippen LogP contribution in [0.3, 0.4) is 0 Å². The second kappa shape index (κ2) is 11.4. The van der Waals surface area contributed by atoms with Crippen LogP contribution in [0.4, 0.5) is 5.95 Å². The smallest absolute Gasteiger partial charge is 0.227 e. The summed E-state index contributed by atoms with van der Waals surface area (Å²) in [6.45, 7) is 9.47. The molecule has 168 valence electrons. The maximum Gasteiger partial charge on any atom is 0.227 e. The van der Waals surface area contributed by atoms with Gasteiger partial charge in [-0.15, -0.1) is 0 Å². The van der Waals surface area contributed by atoms with Crippen molar-refractivity contribution in [2.45, 2.75) is 13.5 Å². The van der Waals surface area contributed by atoms with Crippen LogP contribution < -0.4 is 10.1 Å². The van der Waals surface area contributed by atoms with Crippen LogP contribution in [0.2, 0.25) is 0 Å².